The fourth-order valence-corrected chi connectivity index (χ4v) is 4.33. The maximum absolute atomic E-state index is 9.47. The molecular formula is C31H68N2O12. The van der Waals surface area contributed by atoms with Crippen LogP contribution in [0.15, 0.2) is 0 Å². The van der Waals surface area contributed by atoms with Crippen LogP contribution >= 0.6 is 0 Å². The van der Waals surface area contributed by atoms with Crippen LogP contribution < -0.4 is 0 Å². The second-order valence-electron chi connectivity index (χ2n) is 12.9. The van der Waals surface area contributed by atoms with Crippen molar-refractivity contribution < 1.29 is 59.8 Å². The summed E-state index contributed by atoms with van der Waals surface area (Å²) >= 11 is 0. The maximum atomic E-state index is 9.47. The molecule has 0 aliphatic heterocycles. The van der Waals surface area contributed by atoms with Crippen LogP contribution in [0.2, 0.25) is 0 Å². The van der Waals surface area contributed by atoms with E-state index in [4.69, 9.17) is 18.9 Å². The molecule has 0 heterocycles. The monoisotopic (exact) mass is 660 g/mol. The fraction of sp³-hybridized carbons (Fsp3) is 1.00. The molecule has 0 aliphatic carbocycles. The molecule has 0 aromatic rings. The van der Waals surface area contributed by atoms with Crippen LogP contribution in [0.3, 0.4) is 0 Å². The molecule has 45 heavy (non-hydrogen) atoms. The van der Waals surface area contributed by atoms with E-state index in [2.05, 4.69) is 0 Å². The van der Waals surface area contributed by atoms with E-state index in [0.29, 0.717) is 39.3 Å². The lowest BCUT2D eigenvalue weighted by Crippen LogP contribution is -2.44. The third-order valence-corrected chi connectivity index (χ3v) is 5.89. The van der Waals surface area contributed by atoms with Gasteiger partial charge in [-0.05, 0) is 55.4 Å². The zero-order valence-electron chi connectivity index (χ0n) is 29.1. The topological polar surface area (TPSA) is 205 Å². The summed E-state index contributed by atoms with van der Waals surface area (Å²) < 4.78 is 22.2. The Balaban J connectivity index is 0. The molecular weight excluding hydrogens is 592 g/mol. The van der Waals surface area contributed by atoms with Gasteiger partial charge in [0.1, 0.15) is 0 Å². The van der Waals surface area contributed by atoms with Crippen LogP contribution in [-0.4, -0.2) is 192 Å². The van der Waals surface area contributed by atoms with Gasteiger partial charge < -0.3 is 59.8 Å². The van der Waals surface area contributed by atoms with E-state index in [9.17, 15) is 40.9 Å². The van der Waals surface area contributed by atoms with Crippen molar-refractivity contribution >= 4 is 0 Å². The minimum Gasteiger partial charge on any atom is -0.392 e. The number of hydrogen-bond donors (Lipinski definition) is 8. The van der Waals surface area contributed by atoms with Gasteiger partial charge in [-0.25, -0.2) is 0 Å². The van der Waals surface area contributed by atoms with Crippen molar-refractivity contribution in [2.24, 2.45) is 5.41 Å². The third kappa shape index (κ3) is 31.8. The average molecular weight is 661 g/mol. The Bertz CT molecular complexity index is 547. The minimum absolute atomic E-state index is 0.158. The maximum Gasteiger partial charge on any atom is 0.0745 e. The molecule has 0 bridgehead atoms. The summed E-state index contributed by atoms with van der Waals surface area (Å²) in [6.45, 7) is 18.2. The van der Waals surface area contributed by atoms with Gasteiger partial charge >= 0.3 is 0 Å². The highest BCUT2D eigenvalue weighted by Crippen LogP contribution is 2.21. The number of aliphatic hydroxyl groups excluding tert-OH is 8. The summed E-state index contributed by atoms with van der Waals surface area (Å²) in [6.07, 6.45) is -4.21. The first-order chi connectivity index (χ1) is 20.9. The molecule has 0 radical (unpaired) electrons. The molecule has 0 aromatic heterocycles. The number of nitrogens with zero attached hydrogens (tertiary/aromatic N) is 2. The Morgan fingerprint density at radius 2 is 0.578 bits per heavy atom. The second-order valence-corrected chi connectivity index (χ2v) is 12.9. The predicted molar refractivity (Wildman–Crippen MR) is 172 cm³/mol. The molecule has 0 spiro atoms. The van der Waals surface area contributed by atoms with Crippen molar-refractivity contribution in [3.8, 4) is 0 Å². The van der Waals surface area contributed by atoms with Crippen LogP contribution in [0.1, 0.15) is 55.4 Å². The standard InChI is InChI=1S/C17H36O8.C14H32N2O4/c1-13(18)5-22-9-17(10-23-6-14(2)19,11-24-7-15(3)20)12-25-8-16(4)21;1-11(17)7-15(8-12(2)18)5-6-16(9-13(3)19)10-14(4)20/h13-16,18-21H,5-12H2,1-4H3;11-14,17-20H,5-10H2,1-4H3. The molecule has 0 rings (SSSR count). The van der Waals surface area contributed by atoms with E-state index in [-0.39, 0.29) is 52.9 Å². The van der Waals surface area contributed by atoms with Gasteiger partial charge in [0, 0.05) is 39.3 Å². The Labute approximate surface area is 271 Å². The van der Waals surface area contributed by atoms with Crippen molar-refractivity contribution in [1.29, 1.82) is 0 Å². The summed E-state index contributed by atoms with van der Waals surface area (Å²) in [4.78, 5) is 3.98. The molecule has 0 amide bonds. The van der Waals surface area contributed by atoms with Crippen LogP contribution in [0.25, 0.3) is 0 Å². The third-order valence-electron chi connectivity index (χ3n) is 5.89. The van der Waals surface area contributed by atoms with Crippen LogP contribution in [0, 0.1) is 5.41 Å². The SMILES string of the molecule is CC(O)CN(CCN(CC(C)O)CC(C)O)CC(C)O.CC(O)COCC(COCC(C)O)(COCC(C)O)COCC(C)O. The number of ether oxygens (including phenoxy) is 4. The first kappa shape index (κ1) is 46.6. The molecule has 0 saturated carbocycles. The van der Waals surface area contributed by atoms with Gasteiger partial charge in [0.15, 0.2) is 0 Å². The van der Waals surface area contributed by atoms with Crippen molar-refractivity contribution in [2.45, 2.75) is 104 Å². The molecule has 8 atom stereocenters. The molecule has 8 N–H and O–H groups in total. The zero-order chi connectivity index (χ0) is 35.0. The van der Waals surface area contributed by atoms with E-state index in [1.165, 1.54) is 0 Å². The Hall–Kier alpha value is -0.560. The largest absolute Gasteiger partial charge is 0.392 e. The first-order valence-corrected chi connectivity index (χ1v) is 16.1. The van der Waals surface area contributed by atoms with Crippen molar-refractivity contribution in [1.82, 2.24) is 9.80 Å². The van der Waals surface area contributed by atoms with E-state index in [1.807, 2.05) is 9.80 Å². The first-order valence-electron chi connectivity index (χ1n) is 16.1. The van der Waals surface area contributed by atoms with Gasteiger partial charge in [-0.3, -0.25) is 9.80 Å². The van der Waals surface area contributed by atoms with Gasteiger partial charge in [-0.2, -0.15) is 0 Å². The molecule has 14 heteroatoms. The van der Waals surface area contributed by atoms with E-state index >= 15 is 0 Å². The molecule has 0 fully saturated rings. The predicted octanol–water partition coefficient (Wildman–Crippen LogP) is -1.32. The molecule has 274 valence electrons. The smallest absolute Gasteiger partial charge is 0.0745 e. The van der Waals surface area contributed by atoms with Crippen LogP contribution in [0.5, 0.6) is 0 Å². The lowest BCUT2D eigenvalue weighted by atomic mass is 9.92. The lowest BCUT2D eigenvalue weighted by Gasteiger charge is -2.33. The number of aliphatic hydroxyl groups is 8. The summed E-state index contributed by atoms with van der Waals surface area (Å²) in [5.74, 6) is 0. The van der Waals surface area contributed by atoms with Crippen molar-refractivity contribution in [2.75, 3.05) is 92.1 Å². The summed E-state index contributed by atoms with van der Waals surface area (Å²) in [6, 6.07) is 0. The van der Waals surface area contributed by atoms with Gasteiger partial charge in [0.05, 0.1) is 107 Å². The van der Waals surface area contributed by atoms with Crippen LogP contribution in [0.4, 0.5) is 0 Å². The Kier molecular flexibility index (Phi) is 28.3. The highest BCUT2D eigenvalue weighted by Gasteiger charge is 2.33. The minimum atomic E-state index is -0.687. The van der Waals surface area contributed by atoms with E-state index in [1.54, 1.807) is 55.4 Å². The number of rotatable bonds is 27. The lowest BCUT2D eigenvalue weighted by molar-refractivity contribution is -0.128. The molecule has 0 saturated heterocycles. The highest BCUT2D eigenvalue weighted by molar-refractivity contribution is 4.80. The van der Waals surface area contributed by atoms with Crippen molar-refractivity contribution in [3.05, 3.63) is 0 Å². The summed E-state index contributed by atoms with van der Waals surface area (Å²) in [5, 5.41) is 75.4. The van der Waals surface area contributed by atoms with Gasteiger partial charge in [0.25, 0.3) is 0 Å². The Morgan fingerprint density at radius 1 is 0.378 bits per heavy atom. The molecule has 14 nitrogen and oxygen atoms in total. The van der Waals surface area contributed by atoms with Crippen molar-refractivity contribution in [3.63, 3.8) is 0 Å². The molecule has 0 aliphatic rings. The fourth-order valence-electron chi connectivity index (χ4n) is 4.33. The zero-order valence-corrected chi connectivity index (χ0v) is 29.1. The molecule has 8 unspecified atom stereocenters. The van der Waals surface area contributed by atoms with E-state index in [0.717, 1.165) is 0 Å². The number of hydrogen-bond acceptors (Lipinski definition) is 14. The van der Waals surface area contributed by atoms with Gasteiger partial charge in [-0.1, -0.05) is 0 Å². The summed E-state index contributed by atoms with van der Waals surface area (Å²) in [7, 11) is 0. The quantitative estimate of drug-likeness (QED) is 0.0515. The van der Waals surface area contributed by atoms with Crippen LogP contribution in [-0.2, 0) is 18.9 Å². The average Bonchev–Trinajstić information content (AvgIpc) is 2.85. The molecule has 0 aromatic carbocycles. The van der Waals surface area contributed by atoms with Gasteiger partial charge in [-0.15, -0.1) is 0 Å². The van der Waals surface area contributed by atoms with E-state index < -0.39 is 54.2 Å². The van der Waals surface area contributed by atoms with Gasteiger partial charge in [0.2, 0.25) is 0 Å². The second kappa shape index (κ2) is 27.4. The Morgan fingerprint density at radius 3 is 0.733 bits per heavy atom. The summed E-state index contributed by atoms with van der Waals surface area (Å²) in [5.41, 5.74) is -0.687. The highest BCUT2D eigenvalue weighted by atomic mass is 16.5. The normalized spacial score (nSPS) is 18.8.